The molecule has 1 saturated carbocycles. The van der Waals surface area contributed by atoms with Crippen molar-refractivity contribution in [2.75, 3.05) is 11.1 Å². The van der Waals surface area contributed by atoms with Gasteiger partial charge in [0, 0.05) is 10.4 Å². The number of aliphatic hydroxyl groups is 1. The number of anilines is 2. The van der Waals surface area contributed by atoms with E-state index in [2.05, 4.69) is 10.3 Å². The second-order valence-corrected chi connectivity index (χ2v) is 12.0. The number of aromatic nitrogens is 1. The molecule has 3 aromatic rings. The van der Waals surface area contributed by atoms with Gasteiger partial charge in [0.25, 0.3) is 0 Å². The Kier molecular flexibility index (Phi) is 6.16. The van der Waals surface area contributed by atoms with Crippen LogP contribution in [0.25, 0.3) is 11.1 Å². The third kappa shape index (κ3) is 4.52. The molecule has 5 rings (SSSR count). The van der Waals surface area contributed by atoms with E-state index in [9.17, 15) is 13.5 Å². The van der Waals surface area contributed by atoms with Crippen molar-refractivity contribution in [1.29, 1.82) is 0 Å². The Hall–Kier alpha value is -2.42. The number of aliphatic hydroxyl groups excluding tert-OH is 1. The van der Waals surface area contributed by atoms with Crippen LogP contribution in [0.5, 0.6) is 5.75 Å². The molecule has 33 heavy (non-hydrogen) atoms. The number of hydrogen-bond acceptors (Lipinski definition) is 7. The van der Waals surface area contributed by atoms with E-state index in [1.165, 1.54) is 0 Å². The highest BCUT2D eigenvalue weighted by Crippen LogP contribution is 2.43. The minimum Gasteiger partial charge on any atom is -0.488 e. The number of nitrogens with zero attached hydrogens (tertiary/aromatic N) is 1. The van der Waals surface area contributed by atoms with Crippen molar-refractivity contribution in [3.63, 3.8) is 0 Å². The summed E-state index contributed by atoms with van der Waals surface area (Å²) < 4.78 is 30.9. The predicted molar refractivity (Wildman–Crippen MR) is 131 cm³/mol. The fraction of sp³-hybridized carbons (Fsp3) is 0.400. The molecule has 0 saturated heterocycles. The molecule has 0 amide bonds. The molecule has 174 valence electrons. The van der Waals surface area contributed by atoms with Crippen molar-refractivity contribution >= 4 is 32.0 Å². The monoisotopic (exact) mass is 484 g/mol. The quantitative estimate of drug-likeness (QED) is 0.451. The van der Waals surface area contributed by atoms with Crippen LogP contribution in [-0.2, 0) is 16.3 Å². The van der Waals surface area contributed by atoms with Crippen LogP contribution in [0.2, 0.25) is 0 Å². The molecule has 1 heterocycles. The van der Waals surface area contributed by atoms with Crippen LogP contribution in [0.1, 0.15) is 55.7 Å². The molecular weight excluding hydrogens is 456 g/mol. The van der Waals surface area contributed by atoms with Crippen molar-refractivity contribution in [3.8, 4) is 16.9 Å². The summed E-state index contributed by atoms with van der Waals surface area (Å²) in [7, 11) is -3.25. The summed E-state index contributed by atoms with van der Waals surface area (Å²) in [5, 5.41) is 14.5. The Bertz CT molecular complexity index is 1250. The van der Waals surface area contributed by atoms with E-state index in [-0.39, 0.29) is 11.9 Å². The lowest BCUT2D eigenvalue weighted by atomic mass is 9.95. The predicted octanol–water partition coefficient (Wildman–Crippen LogP) is 5.65. The number of hydrogen-bond donors (Lipinski definition) is 2. The number of nitrogens with one attached hydrogen (secondary N) is 1. The number of aryl methyl sites for hydroxylation is 1. The van der Waals surface area contributed by atoms with Gasteiger partial charge in [-0.1, -0.05) is 31.2 Å². The van der Waals surface area contributed by atoms with Gasteiger partial charge in [-0.25, -0.2) is 13.4 Å². The van der Waals surface area contributed by atoms with Crippen molar-refractivity contribution in [2.24, 2.45) is 0 Å². The lowest BCUT2D eigenvalue weighted by Gasteiger charge is -2.29. The average molecular weight is 485 g/mol. The zero-order valence-corrected chi connectivity index (χ0v) is 20.2. The number of ether oxygens (including phenoxy) is 1. The lowest BCUT2D eigenvalue weighted by molar-refractivity contribution is 0.122. The Balaban J connectivity index is 1.50. The van der Waals surface area contributed by atoms with Crippen LogP contribution in [-0.4, -0.2) is 30.4 Å². The fourth-order valence-corrected chi connectivity index (χ4v) is 6.17. The molecule has 0 spiro atoms. The van der Waals surface area contributed by atoms with Gasteiger partial charge in [0.2, 0.25) is 0 Å². The Morgan fingerprint density at radius 2 is 1.91 bits per heavy atom. The van der Waals surface area contributed by atoms with Crippen LogP contribution in [0, 0.1) is 0 Å². The van der Waals surface area contributed by atoms with Gasteiger partial charge in [0.15, 0.2) is 20.7 Å². The molecule has 2 aliphatic carbocycles. The van der Waals surface area contributed by atoms with Crippen LogP contribution >= 0.6 is 11.3 Å². The third-order valence-corrected chi connectivity index (χ3v) is 9.22. The highest BCUT2D eigenvalue weighted by atomic mass is 32.2. The summed E-state index contributed by atoms with van der Waals surface area (Å²) in [6, 6.07) is 12.9. The third-order valence-electron chi connectivity index (χ3n) is 6.42. The van der Waals surface area contributed by atoms with Gasteiger partial charge in [0.05, 0.1) is 34.2 Å². The smallest absolute Gasteiger partial charge is 0.187 e. The Morgan fingerprint density at radius 1 is 1.12 bits per heavy atom. The molecule has 0 radical (unpaired) electrons. The maximum Gasteiger partial charge on any atom is 0.187 e. The van der Waals surface area contributed by atoms with Crippen molar-refractivity contribution in [3.05, 3.63) is 53.0 Å². The Labute approximate surface area is 198 Å². The summed E-state index contributed by atoms with van der Waals surface area (Å²) in [6.07, 6.45) is 5.59. The van der Waals surface area contributed by atoms with Crippen LogP contribution in [0.4, 0.5) is 10.8 Å². The molecule has 1 fully saturated rings. The molecule has 2 N–H and O–H groups in total. The van der Waals surface area contributed by atoms with E-state index in [1.54, 1.807) is 30.4 Å². The van der Waals surface area contributed by atoms with Crippen molar-refractivity contribution < 1.29 is 18.3 Å². The molecule has 6 nitrogen and oxygen atoms in total. The van der Waals surface area contributed by atoms with Crippen LogP contribution in [0.15, 0.2) is 47.4 Å². The van der Waals surface area contributed by atoms with Gasteiger partial charge < -0.3 is 15.2 Å². The van der Waals surface area contributed by atoms with Gasteiger partial charge in [-0.2, -0.15) is 0 Å². The number of fused-ring (bicyclic) bond motifs is 1. The number of rotatable bonds is 7. The second kappa shape index (κ2) is 9.08. The minimum absolute atomic E-state index is 0.0777. The van der Waals surface area contributed by atoms with Gasteiger partial charge >= 0.3 is 0 Å². The van der Waals surface area contributed by atoms with E-state index >= 15 is 0 Å². The van der Waals surface area contributed by atoms with Gasteiger partial charge in [-0.15, -0.1) is 11.3 Å². The van der Waals surface area contributed by atoms with Crippen LogP contribution in [0.3, 0.4) is 0 Å². The summed E-state index contributed by atoms with van der Waals surface area (Å²) in [5.74, 6) is 0.830. The first-order valence-electron chi connectivity index (χ1n) is 11.5. The van der Waals surface area contributed by atoms with Gasteiger partial charge in [0.1, 0.15) is 0 Å². The largest absolute Gasteiger partial charge is 0.488 e. The Morgan fingerprint density at radius 3 is 2.58 bits per heavy atom. The maximum absolute atomic E-state index is 12.2. The molecule has 2 aromatic carbocycles. The lowest BCUT2D eigenvalue weighted by Crippen LogP contribution is -2.25. The highest BCUT2D eigenvalue weighted by Gasteiger charge is 2.25. The standard InChI is InChI=1S/C25H28N2O4S2/c1-2-33(29,30)18-14-12-16(13-15-18)19-8-4-9-20(24(19)31-17-6-3-7-17)26-25-27-23-21(28)10-5-11-22(23)32-25/h4,8-9,12-15,17,21,28H,2-3,5-7,10-11H2,1H3,(H,26,27). The van der Waals surface area contributed by atoms with Crippen molar-refractivity contribution in [1.82, 2.24) is 4.98 Å². The minimum atomic E-state index is -3.25. The van der Waals surface area contributed by atoms with E-state index in [0.717, 1.165) is 76.8 Å². The van der Waals surface area contributed by atoms with Gasteiger partial charge in [-0.05, 0) is 62.3 Å². The highest BCUT2D eigenvalue weighted by molar-refractivity contribution is 7.91. The first-order chi connectivity index (χ1) is 15.9. The molecular formula is C25H28N2O4S2. The first-order valence-corrected chi connectivity index (χ1v) is 14.0. The van der Waals surface area contributed by atoms with Crippen LogP contribution < -0.4 is 10.1 Å². The SMILES string of the molecule is CCS(=O)(=O)c1ccc(-c2cccc(Nc3nc4c(s3)CCCC4O)c2OC2CCC2)cc1. The average Bonchev–Trinajstić information content (AvgIpc) is 3.21. The first kappa shape index (κ1) is 22.4. The molecule has 1 unspecified atom stereocenters. The molecule has 1 aromatic heterocycles. The van der Waals surface area contributed by atoms with E-state index in [4.69, 9.17) is 4.74 Å². The van der Waals surface area contributed by atoms with Gasteiger partial charge in [-0.3, -0.25) is 0 Å². The molecule has 2 aliphatic rings. The molecule has 8 heteroatoms. The fourth-order valence-electron chi connectivity index (χ4n) is 4.22. The zero-order valence-electron chi connectivity index (χ0n) is 18.6. The number of thiazole rings is 1. The summed E-state index contributed by atoms with van der Waals surface area (Å²) >= 11 is 1.59. The zero-order chi connectivity index (χ0) is 23.0. The van der Waals surface area contributed by atoms with E-state index < -0.39 is 15.9 Å². The van der Waals surface area contributed by atoms with E-state index in [0.29, 0.717) is 4.90 Å². The summed E-state index contributed by atoms with van der Waals surface area (Å²) in [6.45, 7) is 1.65. The number of para-hydroxylation sites is 1. The maximum atomic E-state index is 12.2. The molecule has 0 bridgehead atoms. The molecule has 1 atom stereocenters. The van der Waals surface area contributed by atoms with E-state index in [1.807, 2.05) is 30.3 Å². The molecule has 0 aliphatic heterocycles. The summed E-state index contributed by atoms with van der Waals surface area (Å²) in [4.78, 5) is 6.14. The number of sulfone groups is 1. The summed E-state index contributed by atoms with van der Waals surface area (Å²) in [5.41, 5.74) is 3.43. The normalized spacial score (nSPS) is 18.4. The number of benzene rings is 2. The topological polar surface area (TPSA) is 88.5 Å². The van der Waals surface area contributed by atoms with Crippen molar-refractivity contribution in [2.45, 2.75) is 62.6 Å². The second-order valence-electron chi connectivity index (χ2n) is 8.64.